The minimum absolute atomic E-state index is 0.173. The molecule has 1 fully saturated rings. The average molecular weight is 337 g/mol. The van der Waals surface area contributed by atoms with Gasteiger partial charge in [-0.3, -0.25) is 9.78 Å². The summed E-state index contributed by atoms with van der Waals surface area (Å²) in [6, 6.07) is 12.5. The summed E-state index contributed by atoms with van der Waals surface area (Å²) in [5, 5.41) is 3.41. The van der Waals surface area contributed by atoms with Gasteiger partial charge in [-0.15, -0.1) is 0 Å². The van der Waals surface area contributed by atoms with Crippen LogP contribution in [0.3, 0.4) is 0 Å². The molecule has 1 aromatic carbocycles. The van der Waals surface area contributed by atoms with Crippen LogP contribution in [0.4, 0.5) is 0 Å². The van der Waals surface area contributed by atoms with Gasteiger partial charge in [-0.05, 0) is 67.6 Å². The van der Waals surface area contributed by atoms with Crippen molar-refractivity contribution in [3.63, 3.8) is 0 Å². The SMILES string of the molecule is CCN(Cc1ccncc1)C(=O)Cc1ccc(CC2CCNC2)cc1. The van der Waals surface area contributed by atoms with Crippen molar-refractivity contribution in [3.8, 4) is 0 Å². The first kappa shape index (κ1) is 17.6. The van der Waals surface area contributed by atoms with Crippen molar-refractivity contribution in [2.75, 3.05) is 19.6 Å². The molecule has 1 amide bonds. The number of carbonyl (C=O) groups excluding carboxylic acids is 1. The molecule has 0 aliphatic carbocycles. The predicted octanol–water partition coefficient (Wildman–Crippen LogP) is 2.82. The Kier molecular flexibility index (Phi) is 6.18. The van der Waals surface area contributed by atoms with Gasteiger partial charge in [0, 0.05) is 25.5 Å². The summed E-state index contributed by atoms with van der Waals surface area (Å²) < 4.78 is 0. The van der Waals surface area contributed by atoms with E-state index >= 15 is 0 Å². The summed E-state index contributed by atoms with van der Waals surface area (Å²) in [6.45, 7) is 5.65. The molecule has 132 valence electrons. The second kappa shape index (κ2) is 8.77. The summed E-state index contributed by atoms with van der Waals surface area (Å²) >= 11 is 0. The van der Waals surface area contributed by atoms with E-state index in [-0.39, 0.29) is 5.91 Å². The maximum atomic E-state index is 12.6. The summed E-state index contributed by atoms with van der Waals surface area (Å²) in [6.07, 6.45) is 6.40. The summed E-state index contributed by atoms with van der Waals surface area (Å²) in [4.78, 5) is 18.5. The van der Waals surface area contributed by atoms with E-state index in [1.54, 1.807) is 12.4 Å². The number of hydrogen-bond acceptors (Lipinski definition) is 3. The van der Waals surface area contributed by atoms with Crippen molar-refractivity contribution in [1.82, 2.24) is 15.2 Å². The van der Waals surface area contributed by atoms with E-state index in [0.29, 0.717) is 19.5 Å². The summed E-state index contributed by atoms with van der Waals surface area (Å²) in [5.41, 5.74) is 3.58. The number of hydrogen-bond donors (Lipinski definition) is 1. The lowest BCUT2D eigenvalue weighted by Crippen LogP contribution is -2.31. The second-order valence-electron chi connectivity index (χ2n) is 6.82. The molecule has 4 heteroatoms. The van der Waals surface area contributed by atoms with Crippen molar-refractivity contribution < 1.29 is 4.79 Å². The maximum Gasteiger partial charge on any atom is 0.227 e. The molecule has 0 spiro atoms. The molecule has 4 nitrogen and oxygen atoms in total. The number of amides is 1. The number of benzene rings is 1. The Labute approximate surface area is 150 Å². The molecule has 1 aliphatic heterocycles. The fourth-order valence-electron chi connectivity index (χ4n) is 3.39. The first-order valence-corrected chi connectivity index (χ1v) is 9.20. The fraction of sp³-hybridized carbons (Fsp3) is 0.429. The van der Waals surface area contributed by atoms with Gasteiger partial charge >= 0.3 is 0 Å². The Bertz CT molecular complexity index is 663. The molecule has 0 radical (unpaired) electrons. The highest BCUT2D eigenvalue weighted by Gasteiger charge is 2.15. The molecule has 1 atom stereocenters. The molecule has 1 N–H and O–H groups in total. The number of rotatable bonds is 7. The number of nitrogens with one attached hydrogen (secondary N) is 1. The molecule has 0 saturated carbocycles. The van der Waals surface area contributed by atoms with Gasteiger partial charge in [0.15, 0.2) is 0 Å². The molecule has 25 heavy (non-hydrogen) atoms. The molecular weight excluding hydrogens is 310 g/mol. The van der Waals surface area contributed by atoms with Crippen LogP contribution >= 0.6 is 0 Å². The van der Waals surface area contributed by atoms with Crippen LogP contribution in [0, 0.1) is 5.92 Å². The van der Waals surface area contributed by atoms with Crippen LogP contribution < -0.4 is 5.32 Å². The third-order valence-corrected chi connectivity index (χ3v) is 4.92. The van der Waals surface area contributed by atoms with Crippen LogP contribution in [0.25, 0.3) is 0 Å². The maximum absolute atomic E-state index is 12.6. The standard InChI is InChI=1S/C21H27N3O/c1-2-24(16-19-7-10-22-11-8-19)21(25)14-18-5-3-17(4-6-18)13-20-9-12-23-15-20/h3-8,10-11,20,23H,2,9,12-16H2,1H3. The molecule has 3 rings (SSSR count). The Morgan fingerprint density at radius 3 is 2.48 bits per heavy atom. The molecule has 2 aromatic rings. The van der Waals surface area contributed by atoms with Gasteiger partial charge in [0.1, 0.15) is 0 Å². The lowest BCUT2D eigenvalue weighted by Gasteiger charge is -2.21. The zero-order valence-corrected chi connectivity index (χ0v) is 14.9. The Hall–Kier alpha value is -2.20. The number of aromatic nitrogens is 1. The zero-order valence-electron chi connectivity index (χ0n) is 14.9. The van der Waals surface area contributed by atoms with Gasteiger partial charge in [-0.2, -0.15) is 0 Å². The summed E-state index contributed by atoms with van der Waals surface area (Å²) in [7, 11) is 0. The first-order valence-electron chi connectivity index (χ1n) is 9.20. The topological polar surface area (TPSA) is 45.2 Å². The monoisotopic (exact) mass is 337 g/mol. The third-order valence-electron chi connectivity index (χ3n) is 4.92. The molecule has 2 heterocycles. The number of pyridine rings is 1. The van der Waals surface area contributed by atoms with Crippen LogP contribution in [0.1, 0.15) is 30.0 Å². The van der Waals surface area contributed by atoms with Crippen molar-refractivity contribution in [1.29, 1.82) is 0 Å². The van der Waals surface area contributed by atoms with E-state index in [4.69, 9.17) is 0 Å². The molecule has 1 unspecified atom stereocenters. The molecular formula is C21H27N3O. The lowest BCUT2D eigenvalue weighted by atomic mass is 9.97. The predicted molar refractivity (Wildman–Crippen MR) is 100 cm³/mol. The van der Waals surface area contributed by atoms with E-state index in [9.17, 15) is 4.79 Å². The molecule has 1 saturated heterocycles. The van der Waals surface area contributed by atoms with Gasteiger partial charge in [0.25, 0.3) is 0 Å². The Balaban J connectivity index is 1.55. The van der Waals surface area contributed by atoms with Gasteiger partial charge in [0.2, 0.25) is 5.91 Å². The smallest absolute Gasteiger partial charge is 0.227 e. The fourth-order valence-corrected chi connectivity index (χ4v) is 3.39. The van der Waals surface area contributed by atoms with Gasteiger partial charge in [-0.1, -0.05) is 24.3 Å². The van der Waals surface area contributed by atoms with Gasteiger partial charge in [0.05, 0.1) is 6.42 Å². The largest absolute Gasteiger partial charge is 0.338 e. The van der Waals surface area contributed by atoms with E-state index in [0.717, 1.165) is 36.6 Å². The molecule has 0 bridgehead atoms. The normalized spacial score (nSPS) is 16.8. The van der Waals surface area contributed by atoms with Crippen molar-refractivity contribution in [2.45, 2.75) is 32.7 Å². The Morgan fingerprint density at radius 2 is 1.84 bits per heavy atom. The van der Waals surface area contributed by atoms with E-state index in [2.05, 4.69) is 34.6 Å². The second-order valence-corrected chi connectivity index (χ2v) is 6.82. The number of nitrogens with zero attached hydrogens (tertiary/aromatic N) is 2. The first-order chi connectivity index (χ1) is 12.2. The number of likely N-dealkylation sites (N-methyl/N-ethyl adjacent to an activating group) is 1. The minimum atomic E-state index is 0.173. The van der Waals surface area contributed by atoms with Crippen LogP contribution in [-0.2, 0) is 24.2 Å². The van der Waals surface area contributed by atoms with Gasteiger partial charge < -0.3 is 10.2 Å². The van der Waals surface area contributed by atoms with Crippen LogP contribution in [-0.4, -0.2) is 35.4 Å². The van der Waals surface area contributed by atoms with Crippen molar-refractivity contribution in [3.05, 3.63) is 65.5 Å². The highest BCUT2D eigenvalue weighted by Crippen LogP contribution is 2.16. The highest BCUT2D eigenvalue weighted by molar-refractivity contribution is 5.78. The van der Waals surface area contributed by atoms with E-state index < -0.39 is 0 Å². The minimum Gasteiger partial charge on any atom is -0.338 e. The van der Waals surface area contributed by atoms with Crippen LogP contribution in [0.5, 0.6) is 0 Å². The van der Waals surface area contributed by atoms with E-state index in [1.165, 1.54) is 12.0 Å². The average Bonchev–Trinajstić information content (AvgIpc) is 3.15. The molecule has 1 aromatic heterocycles. The zero-order chi connectivity index (χ0) is 17.5. The quantitative estimate of drug-likeness (QED) is 0.845. The highest BCUT2D eigenvalue weighted by atomic mass is 16.2. The molecule has 1 aliphatic rings. The lowest BCUT2D eigenvalue weighted by molar-refractivity contribution is -0.130. The van der Waals surface area contributed by atoms with Crippen LogP contribution in [0.15, 0.2) is 48.8 Å². The van der Waals surface area contributed by atoms with Crippen LogP contribution in [0.2, 0.25) is 0 Å². The Morgan fingerprint density at radius 1 is 1.12 bits per heavy atom. The number of carbonyl (C=O) groups is 1. The van der Waals surface area contributed by atoms with Gasteiger partial charge in [-0.25, -0.2) is 0 Å². The van der Waals surface area contributed by atoms with E-state index in [1.807, 2.05) is 24.0 Å². The summed E-state index contributed by atoms with van der Waals surface area (Å²) in [5.74, 6) is 0.926. The van der Waals surface area contributed by atoms with Crippen molar-refractivity contribution >= 4 is 5.91 Å². The third kappa shape index (κ3) is 5.13. The van der Waals surface area contributed by atoms with Crippen molar-refractivity contribution in [2.24, 2.45) is 5.92 Å².